The van der Waals surface area contributed by atoms with E-state index in [0.717, 1.165) is 18.5 Å². The highest BCUT2D eigenvalue weighted by atomic mass is 19.2. The molecule has 0 fully saturated rings. The minimum Gasteiger partial charge on any atom is -0.298 e. The van der Waals surface area contributed by atoms with Gasteiger partial charge in [-0.2, -0.15) is 0 Å². The molecule has 0 saturated heterocycles. The summed E-state index contributed by atoms with van der Waals surface area (Å²) in [6.07, 6.45) is 2.32. The Morgan fingerprint density at radius 3 is 1.89 bits per heavy atom. The van der Waals surface area contributed by atoms with Gasteiger partial charge in [0.05, 0.1) is 5.56 Å². The number of carbonyl (C=O) groups excluding carboxylic acids is 1. The molecule has 0 N–H and O–H groups in total. The zero-order valence-electron chi connectivity index (χ0n) is 9.05. The van der Waals surface area contributed by atoms with E-state index in [-0.39, 0.29) is 11.1 Å². The van der Waals surface area contributed by atoms with Crippen LogP contribution in [-0.4, -0.2) is 11.3 Å². The van der Waals surface area contributed by atoms with Crippen LogP contribution < -0.4 is 0 Å². The fourth-order valence-electron chi connectivity index (χ4n) is 1.52. The molecule has 98 valence electrons. The minimum atomic E-state index is -2.24. The van der Waals surface area contributed by atoms with Gasteiger partial charge in [0, 0.05) is 23.5 Å². The average molecular weight is 273 g/mol. The molecule has 0 unspecified atom stereocenters. The molecule has 0 bridgehead atoms. The number of aldehydes is 1. The molecular formula is C12H4F5NO. The van der Waals surface area contributed by atoms with Gasteiger partial charge in [0.15, 0.2) is 29.6 Å². The normalized spacial score (nSPS) is 10.6. The molecule has 0 radical (unpaired) electrons. The molecule has 1 aromatic carbocycles. The molecule has 0 aliphatic carbocycles. The minimum absolute atomic E-state index is 0.0542. The Morgan fingerprint density at radius 2 is 1.37 bits per heavy atom. The maximum absolute atomic E-state index is 13.5. The van der Waals surface area contributed by atoms with Crippen molar-refractivity contribution in [3.63, 3.8) is 0 Å². The van der Waals surface area contributed by atoms with E-state index in [0.29, 0.717) is 6.29 Å². The third-order valence-corrected chi connectivity index (χ3v) is 2.39. The number of pyridine rings is 1. The standard InChI is InChI=1S/C12H4F5NO/c13-8-7(6-1-5(4-19)2-18-3-6)9(14)11(16)12(17)10(8)15/h1-4H. The number of hydrogen-bond acceptors (Lipinski definition) is 2. The molecule has 1 aromatic heterocycles. The second-order valence-corrected chi connectivity index (χ2v) is 3.57. The molecule has 19 heavy (non-hydrogen) atoms. The van der Waals surface area contributed by atoms with E-state index < -0.39 is 34.6 Å². The molecule has 0 saturated carbocycles. The van der Waals surface area contributed by atoms with E-state index in [9.17, 15) is 26.7 Å². The van der Waals surface area contributed by atoms with E-state index in [1.54, 1.807) is 0 Å². The number of halogens is 5. The lowest BCUT2D eigenvalue weighted by molar-refractivity contribution is 0.112. The highest BCUT2D eigenvalue weighted by Crippen LogP contribution is 2.31. The molecule has 1 heterocycles. The van der Waals surface area contributed by atoms with Crippen LogP contribution in [0.1, 0.15) is 10.4 Å². The number of nitrogens with zero attached hydrogens (tertiary/aromatic N) is 1. The summed E-state index contributed by atoms with van der Waals surface area (Å²) in [6, 6.07) is 0.971. The Labute approximate surface area is 103 Å². The van der Waals surface area contributed by atoms with E-state index in [1.165, 1.54) is 0 Å². The van der Waals surface area contributed by atoms with Crippen LogP contribution in [0, 0.1) is 29.1 Å². The van der Waals surface area contributed by atoms with Crippen molar-refractivity contribution in [3.05, 3.63) is 53.1 Å². The van der Waals surface area contributed by atoms with Crippen LogP contribution in [0.4, 0.5) is 22.0 Å². The predicted octanol–water partition coefficient (Wildman–Crippen LogP) is 3.26. The van der Waals surface area contributed by atoms with Gasteiger partial charge in [-0.25, -0.2) is 22.0 Å². The first-order valence-corrected chi connectivity index (χ1v) is 4.89. The predicted molar refractivity (Wildman–Crippen MR) is 54.9 cm³/mol. The van der Waals surface area contributed by atoms with Gasteiger partial charge in [-0.3, -0.25) is 9.78 Å². The van der Waals surface area contributed by atoms with Crippen LogP contribution in [0.25, 0.3) is 11.1 Å². The lowest BCUT2D eigenvalue weighted by Gasteiger charge is -2.08. The van der Waals surface area contributed by atoms with Crippen molar-refractivity contribution < 1.29 is 26.7 Å². The number of hydrogen-bond donors (Lipinski definition) is 0. The summed E-state index contributed by atoms with van der Waals surface area (Å²) < 4.78 is 65.9. The molecular weight excluding hydrogens is 269 g/mol. The zero-order valence-corrected chi connectivity index (χ0v) is 9.05. The lowest BCUT2D eigenvalue weighted by Crippen LogP contribution is -2.04. The smallest absolute Gasteiger partial charge is 0.200 e. The highest BCUT2D eigenvalue weighted by molar-refractivity contribution is 5.78. The molecule has 2 rings (SSSR count). The number of rotatable bonds is 2. The van der Waals surface area contributed by atoms with E-state index in [1.807, 2.05) is 0 Å². The van der Waals surface area contributed by atoms with Crippen molar-refractivity contribution in [3.8, 4) is 11.1 Å². The summed E-state index contributed by atoms with van der Waals surface area (Å²) in [4.78, 5) is 14.0. The van der Waals surface area contributed by atoms with Crippen molar-refractivity contribution in [2.75, 3.05) is 0 Å². The molecule has 2 aromatic rings. The van der Waals surface area contributed by atoms with Gasteiger partial charge in [0.2, 0.25) is 5.82 Å². The first-order valence-electron chi connectivity index (χ1n) is 4.89. The number of benzene rings is 1. The fraction of sp³-hybridized carbons (Fsp3) is 0. The van der Waals surface area contributed by atoms with E-state index in [4.69, 9.17) is 0 Å². The summed E-state index contributed by atoms with van der Waals surface area (Å²) in [6.45, 7) is 0. The summed E-state index contributed by atoms with van der Waals surface area (Å²) in [5, 5.41) is 0. The number of aromatic nitrogens is 1. The van der Waals surface area contributed by atoms with Crippen LogP contribution in [0.5, 0.6) is 0 Å². The Kier molecular flexibility index (Phi) is 3.28. The van der Waals surface area contributed by atoms with E-state index in [2.05, 4.69) is 4.98 Å². The fourth-order valence-corrected chi connectivity index (χ4v) is 1.52. The first kappa shape index (κ1) is 13.1. The molecule has 0 atom stereocenters. The van der Waals surface area contributed by atoms with Gasteiger partial charge in [0.25, 0.3) is 0 Å². The SMILES string of the molecule is O=Cc1cncc(-c2c(F)c(F)c(F)c(F)c2F)c1. The molecule has 0 spiro atoms. The number of carbonyl (C=O) groups is 1. The maximum atomic E-state index is 13.5. The zero-order chi connectivity index (χ0) is 14.2. The quantitative estimate of drug-likeness (QED) is 0.364. The van der Waals surface area contributed by atoms with Crippen LogP contribution in [0.2, 0.25) is 0 Å². The maximum Gasteiger partial charge on any atom is 0.200 e. The van der Waals surface area contributed by atoms with Gasteiger partial charge in [0.1, 0.15) is 0 Å². The Hall–Kier alpha value is -2.31. The van der Waals surface area contributed by atoms with Crippen molar-refractivity contribution in [1.29, 1.82) is 0 Å². The van der Waals surface area contributed by atoms with Crippen LogP contribution in [0.15, 0.2) is 18.5 Å². The Balaban J connectivity index is 2.78. The van der Waals surface area contributed by atoms with Gasteiger partial charge in [-0.05, 0) is 6.07 Å². The van der Waals surface area contributed by atoms with Gasteiger partial charge >= 0.3 is 0 Å². The Morgan fingerprint density at radius 1 is 0.842 bits per heavy atom. The Bertz CT molecular complexity index is 642. The van der Waals surface area contributed by atoms with Crippen molar-refractivity contribution >= 4 is 6.29 Å². The average Bonchev–Trinajstić information content (AvgIpc) is 2.43. The topological polar surface area (TPSA) is 30.0 Å². The third kappa shape index (κ3) is 2.07. The van der Waals surface area contributed by atoms with Gasteiger partial charge < -0.3 is 0 Å². The molecule has 7 heteroatoms. The summed E-state index contributed by atoms with van der Waals surface area (Å²) in [5.74, 6) is -10.3. The molecule has 0 amide bonds. The molecule has 0 aliphatic rings. The van der Waals surface area contributed by atoms with Gasteiger partial charge in [-0.1, -0.05) is 0 Å². The second-order valence-electron chi connectivity index (χ2n) is 3.57. The summed E-state index contributed by atoms with van der Waals surface area (Å²) in [7, 11) is 0. The monoisotopic (exact) mass is 273 g/mol. The van der Waals surface area contributed by atoms with E-state index >= 15 is 0 Å². The third-order valence-electron chi connectivity index (χ3n) is 2.39. The highest BCUT2D eigenvalue weighted by Gasteiger charge is 2.26. The molecule has 2 nitrogen and oxygen atoms in total. The summed E-state index contributed by atoms with van der Waals surface area (Å²) >= 11 is 0. The van der Waals surface area contributed by atoms with Crippen molar-refractivity contribution in [1.82, 2.24) is 4.98 Å². The van der Waals surface area contributed by atoms with Crippen LogP contribution in [-0.2, 0) is 0 Å². The molecule has 0 aliphatic heterocycles. The van der Waals surface area contributed by atoms with Crippen molar-refractivity contribution in [2.24, 2.45) is 0 Å². The lowest BCUT2D eigenvalue weighted by atomic mass is 10.0. The first-order chi connectivity index (χ1) is 8.97. The van der Waals surface area contributed by atoms with Crippen molar-refractivity contribution in [2.45, 2.75) is 0 Å². The van der Waals surface area contributed by atoms with Gasteiger partial charge in [-0.15, -0.1) is 0 Å². The van der Waals surface area contributed by atoms with Crippen LogP contribution >= 0.6 is 0 Å². The van der Waals surface area contributed by atoms with Crippen LogP contribution in [0.3, 0.4) is 0 Å². The second kappa shape index (κ2) is 4.75. The summed E-state index contributed by atoms with van der Waals surface area (Å²) in [5.41, 5.74) is -1.55. The largest absolute Gasteiger partial charge is 0.298 e.